The summed E-state index contributed by atoms with van der Waals surface area (Å²) < 4.78 is 0. The van der Waals surface area contributed by atoms with Crippen molar-refractivity contribution in [3.8, 4) is 0 Å². The van der Waals surface area contributed by atoms with Crippen LogP contribution in [0.3, 0.4) is 0 Å². The molecule has 2 nitrogen and oxygen atoms in total. The fourth-order valence-corrected chi connectivity index (χ4v) is 2.42. The molecule has 1 saturated carbocycles. The highest BCUT2D eigenvalue weighted by molar-refractivity contribution is 5.14. The van der Waals surface area contributed by atoms with Gasteiger partial charge < -0.3 is 10.4 Å². The SMILES string of the molecule is O[C@@H]1CCCC[C@H]1CNCc1ccccc1. The van der Waals surface area contributed by atoms with Crippen LogP contribution in [0.5, 0.6) is 0 Å². The Balaban J connectivity index is 1.71. The van der Waals surface area contributed by atoms with Crippen LogP contribution in [0.4, 0.5) is 0 Å². The van der Waals surface area contributed by atoms with Gasteiger partial charge in [-0.3, -0.25) is 0 Å². The summed E-state index contributed by atoms with van der Waals surface area (Å²) in [6.45, 7) is 1.85. The van der Waals surface area contributed by atoms with Crippen LogP contribution in [-0.2, 0) is 6.54 Å². The Labute approximate surface area is 97.7 Å². The lowest BCUT2D eigenvalue weighted by Gasteiger charge is -2.27. The normalized spacial score (nSPS) is 25.6. The van der Waals surface area contributed by atoms with E-state index < -0.39 is 0 Å². The Morgan fingerprint density at radius 3 is 2.62 bits per heavy atom. The van der Waals surface area contributed by atoms with Gasteiger partial charge in [-0.05, 0) is 24.3 Å². The smallest absolute Gasteiger partial charge is 0.0580 e. The van der Waals surface area contributed by atoms with Crippen LogP contribution in [0.1, 0.15) is 31.2 Å². The molecule has 1 aliphatic carbocycles. The zero-order valence-electron chi connectivity index (χ0n) is 9.73. The molecule has 0 aromatic heterocycles. The van der Waals surface area contributed by atoms with Gasteiger partial charge in [0.25, 0.3) is 0 Å². The van der Waals surface area contributed by atoms with E-state index in [0.29, 0.717) is 5.92 Å². The number of hydrogen-bond acceptors (Lipinski definition) is 2. The first-order valence-electron chi connectivity index (χ1n) is 6.29. The molecule has 1 aromatic carbocycles. The number of benzene rings is 1. The third-order valence-corrected chi connectivity index (χ3v) is 3.45. The minimum atomic E-state index is -0.0861. The number of nitrogens with one attached hydrogen (secondary N) is 1. The topological polar surface area (TPSA) is 32.3 Å². The second kappa shape index (κ2) is 6.02. The van der Waals surface area contributed by atoms with Crippen LogP contribution in [0, 0.1) is 5.92 Å². The predicted octanol–water partition coefficient (Wildman–Crippen LogP) is 2.33. The summed E-state index contributed by atoms with van der Waals surface area (Å²) in [5.41, 5.74) is 1.31. The predicted molar refractivity (Wildman–Crippen MR) is 66.1 cm³/mol. The molecule has 0 bridgehead atoms. The van der Waals surface area contributed by atoms with Gasteiger partial charge >= 0.3 is 0 Å². The van der Waals surface area contributed by atoms with E-state index in [9.17, 15) is 5.11 Å². The van der Waals surface area contributed by atoms with E-state index in [1.165, 1.54) is 24.8 Å². The first kappa shape index (κ1) is 11.6. The Morgan fingerprint density at radius 1 is 1.12 bits per heavy atom. The second-order valence-electron chi connectivity index (χ2n) is 4.73. The Kier molecular flexibility index (Phi) is 4.37. The minimum absolute atomic E-state index is 0.0861. The second-order valence-corrected chi connectivity index (χ2v) is 4.73. The largest absolute Gasteiger partial charge is 0.393 e. The first-order valence-corrected chi connectivity index (χ1v) is 6.29. The molecule has 1 fully saturated rings. The van der Waals surface area contributed by atoms with Crippen molar-refractivity contribution in [1.29, 1.82) is 0 Å². The zero-order chi connectivity index (χ0) is 11.2. The molecular formula is C14H21NO. The molecule has 2 N–H and O–H groups in total. The van der Waals surface area contributed by atoms with E-state index in [2.05, 4.69) is 29.6 Å². The van der Waals surface area contributed by atoms with Gasteiger partial charge in [0.1, 0.15) is 0 Å². The average molecular weight is 219 g/mol. The number of rotatable bonds is 4. The summed E-state index contributed by atoms with van der Waals surface area (Å²) in [5, 5.41) is 13.3. The van der Waals surface area contributed by atoms with Crippen LogP contribution in [0.25, 0.3) is 0 Å². The molecule has 16 heavy (non-hydrogen) atoms. The fourth-order valence-electron chi connectivity index (χ4n) is 2.42. The summed E-state index contributed by atoms with van der Waals surface area (Å²) in [6, 6.07) is 10.4. The Hall–Kier alpha value is -0.860. The summed E-state index contributed by atoms with van der Waals surface area (Å²) in [7, 11) is 0. The first-order chi connectivity index (χ1) is 7.86. The molecule has 2 atom stereocenters. The Morgan fingerprint density at radius 2 is 1.88 bits per heavy atom. The molecule has 0 unspecified atom stereocenters. The Bertz CT molecular complexity index is 299. The number of hydrogen-bond donors (Lipinski definition) is 2. The molecule has 2 rings (SSSR count). The van der Waals surface area contributed by atoms with Gasteiger partial charge in [-0.15, -0.1) is 0 Å². The standard InChI is InChI=1S/C14H21NO/c16-14-9-5-4-8-13(14)11-15-10-12-6-2-1-3-7-12/h1-3,6-7,13-16H,4-5,8-11H2/t13-,14+/m0/s1. The van der Waals surface area contributed by atoms with Crippen molar-refractivity contribution in [2.75, 3.05) is 6.54 Å². The van der Waals surface area contributed by atoms with Crippen molar-refractivity contribution >= 4 is 0 Å². The average Bonchev–Trinajstić information content (AvgIpc) is 2.33. The highest BCUT2D eigenvalue weighted by Gasteiger charge is 2.22. The maximum Gasteiger partial charge on any atom is 0.0580 e. The van der Waals surface area contributed by atoms with Gasteiger partial charge in [0.15, 0.2) is 0 Å². The molecule has 0 radical (unpaired) electrons. The van der Waals surface area contributed by atoms with Crippen LogP contribution in [0.15, 0.2) is 30.3 Å². The lowest BCUT2D eigenvalue weighted by atomic mass is 9.86. The zero-order valence-corrected chi connectivity index (χ0v) is 9.73. The van der Waals surface area contributed by atoms with Crippen molar-refractivity contribution in [2.45, 2.75) is 38.3 Å². The van der Waals surface area contributed by atoms with Gasteiger partial charge in [0, 0.05) is 13.1 Å². The third kappa shape index (κ3) is 3.32. The van der Waals surface area contributed by atoms with E-state index in [-0.39, 0.29) is 6.10 Å². The van der Waals surface area contributed by atoms with Crippen LogP contribution >= 0.6 is 0 Å². The van der Waals surface area contributed by atoms with Gasteiger partial charge in [-0.25, -0.2) is 0 Å². The third-order valence-electron chi connectivity index (χ3n) is 3.45. The van der Waals surface area contributed by atoms with Gasteiger partial charge in [-0.2, -0.15) is 0 Å². The van der Waals surface area contributed by atoms with Gasteiger partial charge in [0.05, 0.1) is 6.10 Å². The summed E-state index contributed by atoms with van der Waals surface area (Å²) in [6.07, 6.45) is 4.53. The molecule has 1 aromatic rings. The summed E-state index contributed by atoms with van der Waals surface area (Å²) in [5.74, 6) is 0.456. The van der Waals surface area contributed by atoms with E-state index in [1.54, 1.807) is 0 Å². The molecule has 0 amide bonds. The van der Waals surface area contributed by atoms with Gasteiger partial charge in [-0.1, -0.05) is 43.2 Å². The molecule has 0 saturated heterocycles. The molecule has 2 heteroatoms. The maximum absolute atomic E-state index is 9.83. The van der Waals surface area contributed by atoms with Gasteiger partial charge in [0.2, 0.25) is 0 Å². The summed E-state index contributed by atoms with van der Waals surface area (Å²) >= 11 is 0. The number of aliphatic hydroxyl groups is 1. The summed E-state index contributed by atoms with van der Waals surface area (Å²) in [4.78, 5) is 0. The van der Waals surface area contributed by atoms with Crippen molar-refractivity contribution in [1.82, 2.24) is 5.32 Å². The highest BCUT2D eigenvalue weighted by atomic mass is 16.3. The molecular weight excluding hydrogens is 198 g/mol. The monoisotopic (exact) mass is 219 g/mol. The van der Waals surface area contributed by atoms with E-state index in [4.69, 9.17) is 0 Å². The molecule has 0 spiro atoms. The molecule has 0 aliphatic heterocycles. The molecule has 1 aliphatic rings. The highest BCUT2D eigenvalue weighted by Crippen LogP contribution is 2.23. The molecule has 88 valence electrons. The fraction of sp³-hybridized carbons (Fsp3) is 0.571. The van der Waals surface area contributed by atoms with Crippen molar-refractivity contribution in [3.63, 3.8) is 0 Å². The number of aliphatic hydroxyl groups excluding tert-OH is 1. The lowest BCUT2D eigenvalue weighted by Crippen LogP contribution is -2.33. The van der Waals surface area contributed by atoms with Crippen LogP contribution < -0.4 is 5.32 Å². The minimum Gasteiger partial charge on any atom is -0.393 e. The van der Waals surface area contributed by atoms with E-state index in [0.717, 1.165) is 19.5 Å². The van der Waals surface area contributed by atoms with E-state index >= 15 is 0 Å². The maximum atomic E-state index is 9.83. The van der Waals surface area contributed by atoms with Crippen LogP contribution in [-0.4, -0.2) is 17.8 Å². The quantitative estimate of drug-likeness (QED) is 0.814. The van der Waals surface area contributed by atoms with Crippen molar-refractivity contribution in [3.05, 3.63) is 35.9 Å². The lowest BCUT2D eigenvalue weighted by molar-refractivity contribution is 0.0695. The van der Waals surface area contributed by atoms with E-state index in [1.807, 2.05) is 6.07 Å². The van der Waals surface area contributed by atoms with Crippen molar-refractivity contribution in [2.24, 2.45) is 5.92 Å². The van der Waals surface area contributed by atoms with Crippen molar-refractivity contribution < 1.29 is 5.11 Å². The van der Waals surface area contributed by atoms with Crippen LogP contribution in [0.2, 0.25) is 0 Å². The molecule has 0 heterocycles.